The van der Waals surface area contributed by atoms with Gasteiger partial charge in [0.2, 0.25) is 0 Å². The second kappa shape index (κ2) is 11.9. The molecule has 4 rings (SSSR count). The van der Waals surface area contributed by atoms with E-state index in [0.717, 1.165) is 66.8 Å². The maximum absolute atomic E-state index is 14.3. The van der Waals surface area contributed by atoms with Gasteiger partial charge in [-0.25, -0.2) is 0 Å². The van der Waals surface area contributed by atoms with Gasteiger partial charge in [0.1, 0.15) is 5.75 Å². The lowest BCUT2D eigenvalue weighted by atomic mass is 9.98. The van der Waals surface area contributed by atoms with Crippen molar-refractivity contribution in [3.05, 3.63) is 66.2 Å². The molecule has 6 heteroatoms. The highest BCUT2D eigenvalue weighted by Gasteiger charge is 2.40. The molecule has 1 aliphatic rings. The first kappa shape index (κ1) is 26.9. The topological polar surface area (TPSA) is 15.7 Å². The van der Waals surface area contributed by atoms with E-state index in [1.54, 1.807) is 0 Å². The number of hydrogen-bond acceptors (Lipinski definition) is 3. The van der Waals surface area contributed by atoms with Crippen LogP contribution in [0, 0.1) is 0 Å². The van der Waals surface area contributed by atoms with Crippen LogP contribution in [0.25, 0.3) is 11.1 Å². The van der Waals surface area contributed by atoms with Gasteiger partial charge in [-0.15, -0.1) is 0 Å². The van der Waals surface area contributed by atoms with Gasteiger partial charge in [0.25, 0.3) is 0 Å². The van der Waals surface area contributed by atoms with Crippen molar-refractivity contribution in [2.75, 3.05) is 29.5 Å². The Hall–Kier alpha value is -3.15. The number of alkyl halides is 3. The molecular formula is C31H37F3N2O. The molecule has 0 saturated carbocycles. The van der Waals surface area contributed by atoms with Crippen LogP contribution in [-0.4, -0.2) is 19.7 Å². The number of anilines is 4. The Balaban J connectivity index is 1.80. The molecule has 0 unspecified atom stereocenters. The zero-order chi connectivity index (χ0) is 26.4. The van der Waals surface area contributed by atoms with E-state index < -0.39 is 11.7 Å². The van der Waals surface area contributed by atoms with Gasteiger partial charge in [-0.1, -0.05) is 64.3 Å². The third kappa shape index (κ3) is 5.89. The number of benzene rings is 3. The van der Waals surface area contributed by atoms with Crippen molar-refractivity contribution in [3.63, 3.8) is 0 Å². The van der Waals surface area contributed by atoms with Crippen LogP contribution in [0.4, 0.5) is 35.9 Å². The summed E-state index contributed by atoms with van der Waals surface area (Å²) in [7, 11) is 0. The number of unbranched alkanes of at least 4 members (excludes halogenated alkanes) is 3. The molecular weight excluding hydrogens is 473 g/mol. The molecule has 0 radical (unpaired) electrons. The summed E-state index contributed by atoms with van der Waals surface area (Å²) in [4.78, 5) is 3.96. The Labute approximate surface area is 218 Å². The number of rotatable bonds is 11. The van der Waals surface area contributed by atoms with Gasteiger partial charge >= 0.3 is 6.18 Å². The Kier molecular flexibility index (Phi) is 8.67. The average Bonchev–Trinajstić information content (AvgIpc) is 2.90. The molecule has 0 atom stereocenters. The maximum atomic E-state index is 14.3. The van der Waals surface area contributed by atoms with Crippen LogP contribution in [0.1, 0.15) is 64.9 Å². The maximum Gasteiger partial charge on any atom is 0.418 e. The third-order valence-electron chi connectivity index (χ3n) is 6.86. The van der Waals surface area contributed by atoms with E-state index in [1.807, 2.05) is 41.3 Å². The fraction of sp³-hybridized carbons (Fsp3) is 0.419. The van der Waals surface area contributed by atoms with Crippen LogP contribution < -0.4 is 14.5 Å². The summed E-state index contributed by atoms with van der Waals surface area (Å²) in [6.45, 7) is 8.18. The summed E-state index contributed by atoms with van der Waals surface area (Å²) >= 11 is 0. The molecule has 0 aromatic heterocycles. The lowest BCUT2D eigenvalue weighted by molar-refractivity contribution is -0.137. The van der Waals surface area contributed by atoms with Gasteiger partial charge in [-0.05, 0) is 66.8 Å². The molecule has 0 N–H and O–H groups in total. The minimum absolute atomic E-state index is 0.267. The Bertz CT molecular complexity index is 1170. The second-order valence-corrected chi connectivity index (χ2v) is 9.61. The van der Waals surface area contributed by atoms with Crippen molar-refractivity contribution in [3.8, 4) is 16.9 Å². The van der Waals surface area contributed by atoms with Gasteiger partial charge in [0.15, 0.2) is 0 Å². The third-order valence-corrected chi connectivity index (χ3v) is 6.86. The average molecular weight is 511 g/mol. The molecule has 0 bridgehead atoms. The zero-order valence-corrected chi connectivity index (χ0v) is 22.1. The number of para-hydroxylation sites is 1. The van der Waals surface area contributed by atoms with E-state index in [2.05, 4.69) is 37.8 Å². The van der Waals surface area contributed by atoms with Crippen molar-refractivity contribution in [1.82, 2.24) is 0 Å². The van der Waals surface area contributed by atoms with E-state index in [9.17, 15) is 13.2 Å². The van der Waals surface area contributed by atoms with E-state index >= 15 is 0 Å². The fourth-order valence-electron chi connectivity index (χ4n) is 4.84. The largest absolute Gasteiger partial charge is 0.494 e. The number of halogens is 3. The van der Waals surface area contributed by atoms with E-state index in [1.165, 1.54) is 12.1 Å². The summed E-state index contributed by atoms with van der Waals surface area (Å²) in [5.41, 5.74) is 4.10. The Morgan fingerprint density at radius 2 is 1.32 bits per heavy atom. The molecule has 3 aromatic carbocycles. The normalized spacial score (nSPS) is 12.9. The number of fused-ring (bicyclic) bond motifs is 2. The summed E-state index contributed by atoms with van der Waals surface area (Å²) in [6, 6.07) is 18.7. The summed E-state index contributed by atoms with van der Waals surface area (Å²) in [5, 5.41) is 0. The quantitative estimate of drug-likeness (QED) is 0.239. The first-order valence-corrected chi connectivity index (χ1v) is 13.5. The van der Waals surface area contributed by atoms with Crippen molar-refractivity contribution >= 4 is 22.7 Å². The molecule has 0 fully saturated rings. The van der Waals surface area contributed by atoms with Crippen LogP contribution >= 0.6 is 0 Å². The summed E-state index contributed by atoms with van der Waals surface area (Å²) < 4.78 is 48.6. The molecule has 37 heavy (non-hydrogen) atoms. The van der Waals surface area contributed by atoms with E-state index in [-0.39, 0.29) is 5.69 Å². The van der Waals surface area contributed by atoms with Gasteiger partial charge in [-0.3, -0.25) is 0 Å². The van der Waals surface area contributed by atoms with Crippen LogP contribution in [0.3, 0.4) is 0 Å². The lowest BCUT2D eigenvalue weighted by Crippen LogP contribution is -2.32. The number of hydrogen-bond donors (Lipinski definition) is 0. The van der Waals surface area contributed by atoms with Crippen molar-refractivity contribution in [2.45, 2.75) is 65.5 Å². The molecule has 3 nitrogen and oxygen atoms in total. The van der Waals surface area contributed by atoms with E-state index in [0.29, 0.717) is 25.4 Å². The predicted molar refractivity (Wildman–Crippen MR) is 148 cm³/mol. The highest BCUT2D eigenvalue weighted by Crippen LogP contribution is 2.53. The van der Waals surface area contributed by atoms with Crippen molar-refractivity contribution < 1.29 is 17.9 Å². The fourth-order valence-corrected chi connectivity index (χ4v) is 4.84. The van der Waals surface area contributed by atoms with Gasteiger partial charge < -0.3 is 14.5 Å². The lowest BCUT2D eigenvalue weighted by Gasteiger charge is -2.42. The second-order valence-electron chi connectivity index (χ2n) is 9.61. The van der Waals surface area contributed by atoms with E-state index in [4.69, 9.17) is 4.74 Å². The molecule has 1 aliphatic heterocycles. The van der Waals surface area contributed by atoms with Crippen LogP contribution in [0.2, 0.25) is 0 Å². The molecule has 0 spiro atoms. The van der Waals surface area contributed by atoms with Gasteiger partial charge in [-0.2, -0.15) is 13.2 Å². The monoisotopic (exact) mass is 510 g/mol. The molecule has 0 amide bonds. The highest BCUT2D eigenvalue weighted by molar-refractivity contribution is 5.96. The highest BCUT2D eigenvalue weighted by atomic mass is 19.4. The van der Waals surface area contributed by atoms with Crippen molar-refractivity contribution in [1.29, 1.82) is 0 Å². The van der Waals surface area contributed by atoms with Crippen LogP contribution in [-0.2, 0) is 6.18 Å². The summed E-state index contributed by atoms with van der Waals surface area (Å²) in [5.74, 6) is 0.828. The van der Waals surface area contributed by atoms with Crippen LogP contribution in [0.5, 0.6) is 5.75 Å². The molecule has 0 aliphatic carbocycles. The number of ether oxygens (including phenoxy) is 1. The first-order valence-electron chi connectivity index (χ1n) is 13.5. The minimum Gasteiger partial charge on any atom is -0.494 e. The first-order chi connectivity index (χ1) is 17.9. The molecule has 198 valence electrons. The van der Waals surface area contributed by atoms with Crippen LogP contribution in [0.15, 0.2) is 60.7 Å². The molecule has 3 aromatic rings. The zero-order valence-electron chi connectivity index (χ0n) is 22.1. The molecule has 1 heterocycles. The summed E-state index contributed by atoms with van der Waals surface area (Å²) in [6.07, 6.45) is 1.21. The van der Waals surface area contributed by atoms with Gasteiger partial charge in [0, 0.05) is 13.1 Å². The standard InChI is InChI=1S/C31H37F3N2O/c1-4-7-19-35-27-18-15-24(23-13-16-25(17-14-23)37-21-9-6-3)22-29(27)36(20-8-5-2)30-26(31(32,33)34)11-10-12-28(30)35/h10-18,22H,4-9,19-21H2,1-3H3. The van der Waals surface area contributed by atoms with Gasteiger partial charge in [0.05, 0.1) is 34.9 Å². The molecule has 0 saturated heterocycles. The smallest absolute Gasteiger partial charge is 0.418 e. The number of nitrogens with zero attached hydrogens (tertiary/aromatic N) is 2. The Morgan fingerprint density at radius 3 is 1.97 bits per heavy atom. The van der Waals surface area contributed by atoms with Crippen molar-refractivity contribution in [2.24, 2.45) is 0 Å². The predicted octanol–water partition coefficient (Wildman–Crippen LogP) is 9.74. The Morgan fingerprint density at radius 1 is 0.676 bits per heavy atom. The minimum atomic E-state index is -4.44. The SMILES string of the molecule is CCCCOc1ccc(-c2ccc3c(c2)N(CCCC)c2c(cccc2C(F)(F)F)N3CCCC)cc1.